The fraction of sp³-hybridized carbons (Fsp3) is 0.484. The van der Waals surface area contributed by atoms with E-state index in [2.05, 4.69) is 6.58 Å². The number of hydrogen-bond acceptors (Lipinski definition) is 7. The average Bonchev–Trinajstić information content (AvgIpc) is 2.87. The number of ketones is 2. The Morgan fingerprint density at radius 2 is 1.71 bits per heavy atom. The highest BCUT2D eigenvalue weighted by Crippen LogP contribution is 2.42. The van der Waals surface area contributed by atoms with Crippen molar-refractivity contribution in [2.24, 2.45) is 0 Å². The van der Waals surface area contributed by atoms with Gasteiger partial charge in [0.15, 0.2) is 11.6 Å². The van der Waals surface area contributed by atoms with Crippen LogP contribution in [0.5, 0.6) is 23.0 Å². The summed E-state index contributed by atoms with van der Waals surface area (Å²) in [6, 6.07) is 6.68. The van der Waals surface area contributed by atoms with E-state index in [-0.39, 0.29) is 36.1 Å². The molecule has 3 rings (SSSR count). The van der Waals surface area contributed by atoms with E-state index in [0.717, 1.165) is 24.8 Å². The molecule has 0 spiro atoms. The van der Waals surface area contributed by atoms with Gasteiger partial charge in [-0.3, -0.25) is 9.59 Å². The van der Waals surface area contributed by atoms with Crippen LogP contribution in [0.25, 0.3) is 0 Å². The summed E-state index contributed by atoms with van der Waals surface area (Å²) in [5.41, 5.74) is 1.59. The van der Waals surface area contributed by atoms with E-state index in [1.54, 1.807) is 18.2 Å². The molecule has 0 saturated heterocycles. The van der Waals surface area contributed by atoms with Crippen LogP contribution in [-0.4, -0.2) is 46.7 Å². The normalized spacial score (nSPS) is 17.3. The van der Waals surface area contributed by atoms with E-state index in [4.69, 9.17) is 14.2 Å². The molecule has 0 saturated carbocycles. The minimum Gasteiger partial charge on any atom is -0.507 e. The fourth-order valence-corrected chi connectivity index (χ4v) is 4.78. The number of fused-ring (bicyclic) bond motifs is 1. The predicted molar refractivity (Wildman–Crippen MR) is 147 cm³/mol. The zero-order valence-corrected chi connectivity index (χ0v) is 23.0. The number of hydrogen-bond donors (Lipinski definition) is 2. The molecule has 2 aromatic carbocycles. The van der Waals surface area contributed by atoms with Crippen molar-refractivity contribution in [2.75, 3.05) is 13.2 Å². The van der Waals surface area contributed by atoms with Crippen LogP contribution in [0.15, 0.2) is 36.9 Å². The summed E-state index contributed by atoms with van der Waals surface area (Å²) in [6.45, 7) is 11.1. The van der Waals surface area contributed by atoms with Crippen LogP contribution in [0.2, 0.25) is 0 Å². The lowest BCUT2D eigenvalue weighted by Gasteiger charge is -2.36. The summed E-state index contributed by atoms with van der Waals surface area (Å²) in [7, 11) is 0. The summed E-state index contributed by atoms with van der Waals surface area (Å²) >= 11 is 0. The maximum atomic E-state index is 12.9. The van der Waals surface area contributed by atoms with Crippen molar-refractivity contribution in [2.45, 2.75) is 84.3 Å². The van der Waals surface area contributed by atoms with E-state index >= 15 is 0 Å². The molecule has 7 nitrogen and oxygen atoms in total. The second kappa shape index (κ2) is 13.0. The maximum Gasteiger partial charge on any atom is 0.170 e. The van der Waals surface area contributed by atoms with Crippen molar-refractivity contribution in [1.29, 1.82) is 0 Å². The number of aliphatic hydroxyl groups is 1. The molecule has 1 aliphatic heterocycles. The number of carbonyl (C=O) groups excluding carboxylic acids is 2. The van der Waals surface area contributed by atoms with Gasteiger partial charge in [0.2, 0.25) is 0 Å². The summed E-state index contributed by atoms with van der Waals surface area (Å²) in [5.74, 6) is 1.33. The zero-order valence-electron chi connectivity index (χ0n) is 23.0. The smallest absolute Gasteiger partial charge is 0.170 e. The maximum absolute atomic E-state index is 12.9. The van der Waals surface area contributed by atoms with Crippen molar-refractivity contribution in [3.63, 3.8) is 0 Å². The molecule has 2 N–H and O–H groups in total. The van der Waals surface area contributed by atoms with Crippen LogP contribution >= 0.6 is 0 Å². The van der Waals surface area contributed by atoms with Gasteiger partial charge in [0.25, 0.3) is 0 Å². The Morgan fingerprint density at radius 1 is 1.11 bits per heavy atom. The Kier molecular flexibility index (Phi) is 9.97. The Morgan fingerprint density at radius 3 is 2.32 bits per heavy atom. The summed E-state index contributed by atoms with van der Waals surface area (Å²) in [4.78, 5) is 24.7. The van der Waals surface area contributed by atoms with Crippen molar-refractivity contribution >= 4 is 11.6 Å². The van der Waals surface area contributed by atoms with Crippen LogP contribution in [0, 0.1) is 0 Å². The number of benzene rings is 2. The quantitative estimate of drug-likeness (QED) is 0.230. The highest BCUT2D eigenvalue weighted by Gasteiger charge is 2.37. The second-order valence-corrected chi connectivity index (χ2v) is 10.2. The van der Waals surface area contributed by atoms with E-state index in [1.807, 2.05) is 26.8 Å². The van der Waals surface area contributed by atoms with Crippen LogP contribution in [0.4, 0.5) is 0 Å². The largest absolute Gasteiger partial charge is 0.507 e. The van der Waals surface area contributed by atoms with Crippen LogP contribution in [-0.2, 0) is 12.8 Å². The zero-order chi connectivity index (χ0) is 27.9. The molecule has 206 valence electrons. The molecule has 0 aromatic heterocycles. The molecule has 0 amide bonds. The summed E-state index contributed by atoms with van der Waals surface area (Å²) in [6.07, 6.45) is 5.42. The minimum atomic E-state index is -0.954. The first-order chi connectivity index (χ1) is 18.1. The molecule has 1 heterocycles. The first-order valence-electron chi connectivity index (χ1n) is 13.4. The number of rotatable bonds is 14. The van der Waals surface area contributed by atoms with Gasteiger partial charge in [-0.15, -0.1) is 6.58 Å². The van der Waals surface area contributed by atoms with Crippen molar-refractivity contribution in [3.05, 3.63) is 59.2 Å². The van der Waals surface area contributed by atoms with Crippen LogP contribution in [0.3, 0.4) is 0 Å². The standard InChI is InChI=1S/C31H40O7/c1-6-9-16-31(5)17-26(34)23-13-15-28(25(11-8-3)30(23)38-31)37-19-21(33)18-36-27-14-12-22(20(4)32)29(35)24(27)10-7-2/h6,12-15,21,33,35H,1,7-11,16-19H2,2-5H3. The molecule has 0 aliphatic carbocycles. The van der Waals surface area contributed by atoms with Gasteiger partial charge in [0, 0.05) is 11.1 Å². The summed E-state index contributed by atoms with van der Waals surface area (Å²) < 4.78 is 18.3. The van der Waals surface area contributed by atoms with Gasteiger partial charge in [-0.1, -0.05) is 32.8 Å². The lowest BCUT2D eigenvalue weighted by atomic mass is 9.86. The minimum absolute atomic E-state index is 0.0300. The number of aromatic hydroxyl groups is 1. The highest BCUT2D eigenvalue weighted by atomic mass is 16.5. The third kappa shape index (κ3) is 6.76. The number of carbonyl (C=O) groups is 2. The number of allylic oxidation sites excluding steroid dienone is 1. The highest BCUT2D eigenvalue weighted by molar-refractivity contribution is 6.01. The average molecular weight is 525 g/mol. The molecule has 2 atom stereocenters. The molecule has 1 aliphatic rings. The second-order valence-electron chi connectivity index (χ2n) is 10.2. The van der Waals surface area contributed by atoms with E-state index in [9.17, 15) is 19.8 Å². The SMILES string of the molecule is C=CCCC1(C)CC(=O)c2ccc(OCC(O)COc3ccc(C(C)=O)c(O)c3CCC)c(CCC)c2O1. The molecule has 38 heavy (non-hydrogen) atoms. The molecule has 7 heteroatoms. The number of aliphatic hydroxyl groups excluding tert-OH is 1. The number of phenolic OH excluding ortho intramolecular Hbond substituents is 1. The molecular weight excluding hydrogens is 484 g/mol. The molecule has 0 bridgehead atoms. The van der Waals surface area contributed by atoms with Crippen LogP contribution < -0.4 is 14.2 Å². The topological polar surface area (TPSA) is 102 Å². The Bertz CT molecular complexity index is 1170. The number of Topliss-reactive ketones (excluding diaryl/α,β-unsaturated/α-hetero) is 2. The van der Waals surface area contributed by atoms with Gasteiger partial charge in [-0.05, 0) is 63.8 Å². The Balaban J connectivity index is 1.74. The van der Waals surface area contributed by atoms with Crippen molar-refractivity contribution in [1.82, 2.24) is 0 Å². The van der Waals surface area contributed by atoms with E-state index in [0.29, 0.717) is 54.1 Å². The third-order valence-electron chi connectivity index (χ3n) is 6.76. The Hall–Kier alpha value is -3.32. The summed E-state index contributed by atoms with van der Waals surface area (Å²) in [5, 5.41) is 21.2. The molecule has 2 aromatic rings. The molecule has 0 fully saturated rings. The van der Waals surface area contributed by atoms with Gasteiger partial charge in [-0.25, -0.2) is 0 Å². The molecule has 2 unspecified atom stereocenters. The number of ether oxygens (including phenoxy) is 3. The first-order valence-corrected chi connectivity index (χ1v) is 13.4. The van der Waals surface area contributed by atoms with Crippen molar-refractivity contribution in [3.8, 4) is 23.0 Å². The van der Waals surface area contributed by atoms with Gasteiger partial charge in [0.05, 0.1) is 17.5 Å². The predicted octanol–water partition coefficient (Wildman–Crippen LogP) is 6.01. The Labute approximate surface area is 225 Å². The first kappa shape index (κ1) is 29.2. The lowest BCUT2D eigenvalue weighted by Crippen LogP contribution is -2.39. The van der Waals surface area contributed by atoms with Gasteiger partial charge < -0.3 is 24.4 Å². The van der Waals surface area contributed by atoms with Crippen molar-refractivity contribution < 1.29 is 34.0 Å². The van der Waals surface area contributed by atoms with E-state index in [1.165, 1.54) is 13.0 Å². The van der Waals surface area contributed by atoms with Gasteiger partial charge >= 0.3 is 0 Å². The molecule has 0 radical (unpaired) electrons. The van der Waals surface area contributed by atoms with Crippen LogP contribution in [0.1, 0.15) is 91.6 Å². The third-order valence-corrected chi connectivity index (χ3v) is 6.76. The van der Waals surface area contributed by atoms with Gasteiger partial charge in [0.1, 0.15) is 47.9 Å². The fourth-order valence-electron chi connectivity index (χ4n) is 4.78. The molecular formula is C31H40O7. The monoisotopic (exact) mass is 524 g/mol. The lowest BCUT2D eigenvalue weighted by molar-refractivity contribution is 0.0454. The number of phenols is 1. The van der Waals surface area contributed by atoms with Gasteiger partial charge in [-0.2, -0.15) is 0 Å². The van der Waals surface area contributed by atoms with E-state index < -0.39 is 11.7 Å².